The molecule has 1 aliphatic rings. The quantitative estimate of drug-likeness (QED) is 0.290. The Morgan fingerprint density at radius 2 is 1.55 bits per heavy atom. The van der Waals surface area contributed by atoms with Crippen LogP contribution in [-0.4, -0.2) is 24.3 Å². The summed E-state index contributed by atoms with van der Waals surface area (Å²) in [7, 11) is 0. The monoisotopic (exact) mass is 409 g/mol. The largest absolute Gasteiger partial charge is 0.454 e. The zero-order chi connectivity index (χ0) is 21.5. The molecule has 31 heavy (non-hydrogen) atoms. The molecule has 0 saturated carbocycles. The van der Waals surface area contributed by atoms with Crippen LogP contribution in [0.3, 0.4) is 0 Å². The highest BCUT2D eigenvalue weighted by atomic mass is 16.5. The van der Waals surface area contributed by atoms with Crippen LogP contribution in [0, 0.1) is 0 Å². The van der Waals surface area contributed by atoms with Gasteiger partial charge in [-0.15, -0.1) is 0 Å². The first-order valence-electron chi connectivity index (χ1n) is 10.1. The smallest absolute Gasteiger partial charge is 0.339 e. The van der Waals surface area contributed by atoms with Crippen molar-refractivity contribution in [3.63, 3.8) is 0 Å². The second-order valence-corrected chi connectivity index (χ2v) is 7.71. The Balaban J connectivity index is 1.43. The molecule has 4 aromatic rings. The van der Waals surface area contributed by atoms with Crippen molar-refractivity contribution in [1.82, 2.24) is 0 Å². The maximum Gasteiger partial charge on any atom is 0.339 e. The molecule has 4 aromatic carbocycles. The molecule has 152 valence electrons. The van der Waals surface area contributed by atoms with Crippen molar-refractivity contribution >= 4 is 44.9 Å². The number of fused-ring (bicyclic) bond motifs is 3. The van der Waals surface area contributed by atoms with E-state index < -0.39 is 5.97 Å². The van der Waals surface area contributed by atoms with E-state index in [9.17, 15) is 14.4 Å². The summed E-state index contributed by atoms with van der Waals surface area (Å²) < 4.78 is 5.46. The average Bonchev–Trinajstić information content (AvgIpc) is 3.08. The van der Waals surface area contributed by atoms with E-state index in [0.717, 1.165) is 27.1 Å². The number of hydrogen-bond acceptors (Lipinski definition) is 4. The van der Waals surface area contributed by atoms with Gasteiger partial charge in [-0.05, 0) is 58.3 Å². The van der Waals surface area contributed by atoms with Crippen LogP contribution in [0.15, 0.2) is 72.8 Å². The van der Waals surface area contributed by atoms with E-state index in [0.29, 0.717) is 16.8 Å². The Labute approximate surface area is 178 Å². The number of esters is 1. The van der Waals surface area contributed by atoms with Crippen LogP contribution in [0.25, 0.3) is 21.5 Å². The summed E-state index contributed by atoms with van der Waals surface area (Å²) in [6, 6.07) is 22.3. The summed E-state index contributed by atoms with van der Waals surface area (Å²) in [6.07, 6.45) is 0. The number of hydrogen-bond donors (Lipinski definition) is 1. The van der Waals surface area contributed by atoms with Gasteiger partial charge in [-0.25, -0.2) is 4.79 Å². The van der Waals surface area contributed by atoms with Gasteiger partial charge < -0.3 is 10.1 Å². The van der Waals surface area contributed by atoms with Crippen LogP contribution in [0.2, 0.25) is 0 Å². The zero-order valence-electron chi connectivity index (χ0n) is 16.8. The maximum atomic E-state index is 13.1. The normalized spacial score (nSPS) is 15.0. The number of amides is 1. The van der Waals surface area contributed by atoms with E-state index in [1.54, 1.807) is 25.1 Å². The van der Waals surface area contributed by atoms with Crippen LogP contribution in [-0.2, 0) is 9.53 Å². The SMILES string of the molecule is C[C@H]1C(=O)Nc2ccc(C(=O)COC(=O)c3c4ccccc4cc4ccccc34)cc21. The fourth-order valence-corrected chi connectivity index (χ4v) is 4.11. The van der Waals surface area contributed by atoms with E-state index >= 15 is 0 Å². The van der Waals surface area contributed by atoms with Gasteiger partial charge in [0.15, 0.2) is 12.4 Å². The number of anilines is 1. The highest BCUT2D eigenvalue weighted by Crippen LogP contribution is 2.33. The molecule has 1 amide bonds. The van der Waals surface area contributed by atoms with Crippen molar-refractivity contribution in [2.75, 3.05) is 11.9 Å². The van der Waals surface area contributed by atoms with Gasteiger partial charge in [-0.1, -0.05) is 48.5 Å². The number of carbonyl (C=O) groups is 3. The van der Waals surface area contributed by atoms with Crippen LogP contribution >= 0.6 is 0 Å². The molecule has 0 saturated heterocycles. The van der Waals surface area contributed by atoms with E-state index in [1.165, 1.54) is 0 Å². The van der Waals surface area contributed by atoms with Crippen LogP contribution in [0.4, 0.5) is 5.69 Å². The summed E-state index contributed by atoms with van der Waals surface area (Å²) >= 11 is 0. The van der Waals surface area contributed by atoms with Crippen LogP contribution < -0.4 is 5.32 Å². The first kappa shape index (κ1) is 19.0. The predicted octanol–water partition coefficient (Wildman–Crippen LogP) is 5.09. The van der Waals surface area contributed by atoms with E-state index in [1.807, 2.05) is 54.6 Å². The topological polar surface area (TPSA) is 72.5 Å². The van der Waals surface area contributed by atoms with Crippen molar-refractivity contribution in [3.05, 3.63) is 89.5 Å². The van der Waals surface area contributed by atoms with E-state index in [4.69, 9.17) is 4.74 Å². The lowest BCUT2D eigenvalue weighted by atomic mass is 9.97. The van der Waals surface area contributed by atoms with Crippen molar-refractivity contribution in [3.8, 4) is 0 Å². The Hall–Kier alpha value is -3.99. The molecule has 5 heteroatoms. The number of rotatable bonds is 4. The third-order valence-corrected chi connectivity index (χ3v) is 5.80. The average molecular weight is 409 g/mol. The van der Waals surface area contributed by atoms with Crippen molar-refractivity contribution < 1.29 is 19.1 Å². The highest BCUT2D eigenvalue weighted by Gasteiger charge is 2.27. The molecule has 1 atom stereocenters. The van der Waals surface area contributed by atoms with Gasteiger partial charge in [0.25, 0.3) is 0 Å². The van der Waals surface area contributed by atoms with Crippen LogP contribution in [0.1, 0.15) is 39.1 Å². The maximum absolute atomic E-state index is 13.1. The molecule has 0 aliphatic carbocycles. The first-order valence-corrected chi connectivity index (χ1v) is 10.1. The summed E-state index contributed by atoms with van der Waals surface area (Å²) in [6.45, 7) is 1.42. The molecular weight excluding hydrogens is 390 g/mol. The number of ether oxygens (including phenoxy) is 1. The fraction of sp³-hybridized carbons (Fsp3) is 0.115. The van der Waals surface area contributed by atoms with Gasteiger partial charge in [-0.2, -0.15) is 0 Å². The minimum atomic E-state index is -0.535. The molecule has 5 nitrogen and oxygen atoms in total. The van der Waals surface area contributed by atoms with Gasteiger partial charge >= 0.3 is 5.97 Å². The van der Waals surface area contributed by atoms with Gasteiger partial charge in [0.1, 0.15) is 0 Å². The second kappa shape index (κ2) is 7.36. The summed E-state index contributed by atoms with van der Waals surface area (Å²) in [5.74, 6) is -1.25. The molecule has 0 bridgehead atoms. The lowest BCUT2D eigenvalue weighted by Crippen LogP contribution is -2.15. The molecule has 0 spiro atoms. The molecule has 0 fully saturated rings. The number of Topliss-reactive ketones (excluding diaryl/α,β-unsaturated/α-hetero) is 1. The predicted molar refractivity (Wildman–Crippen MR) is 120 cm³/mol. The third kappa shape index (κ3) is 3.24. The third-order valence-electron chi connectivity index (χ3n) is 5.80. The lowest BCUT2D eigenvalue weighted by molar-refractivity contribution is -0.116. The Bertz CT molecular complexity index is 1340. The molecule has 5 rings (SSSR count). The molecule has 1 aliphatic heterocycles. The van der Waals surface area contributed by atoms with Crippen molar-refractivity contribution in [2.24, 2.45) is 0 Å². The summed E-state index contributed by atoms with van der Waals surface area (Å²) in [5.41, 5.74) is 2.37. The Kier molecular flexibility index (Phi) is 4.51. The van der Waals surface area contributed by atoms with E-state index in [-0.39, 0.29) is 24.2 Å². The second-order valence-electron chi connectivity index (χ2n) is 7.71. The fourth-order valence-electron chi connectivity index (χ4n) is 4.11. The summed E-state index contributed by atoms with van der Waals surface area (Å²) in [5, 5.41) is 6.23. The lowest BCUT2D eigenvalue weighted by Gasteiger charge is -2.11. The van der Waals surface area contributed by atoms with Gasteiger partial charge in [-0.3, -0.25) is 9.59 Å². The standard InChI is InChI=1S/C26H19NO4/c1-15-21-13-18(10-11-22(21)27-25(15)29)23(28)14-31-26(30)24-19-8-4-2-6-16(19)12-17-7-3-5-9-20(17)24/h2-13,15H,14H2,1H3,(H,27,29)/t15-/m1/s1. The number of ketones is 1. The minimum absolute atomic E-state index is 0.0890. The van der Waals surface area contributed by atoms with E-state index in [2.05, 4.69) is 5.32 Å². The summed E-state index contributed by atoms with van der Waals surface area (Å²) in [4.78, 5) is 37.6. The number of benzene rings is 4. The minimum Gasteiger partial charge on any atom is -0.454 e. The van der Waals surface area contributed by atoms with Gasteiger partial charge in [0.05, 0.1) is 11.5 Å². The van der Waals surface area contributed by atoms with Gasteiger partial charge in [0.2, 0.25) is 5.91 Å². The zero-order valence-corrected chi connectivity index (χ0v) is 16.8. The molecule has 1 N–H and O–H groups in total. The van der Waals surface area contributed by atoms with Crippen molar-refractivity contribution in [1.29, 1.82) is 0 Å². The molecule has 1 heterocycles. The highest BCUT2D eigenvalue weighted by molar-refractivity contribution is 6.17. The molecule has 0 aromatic heterocycles. The Morgan fingerprint density at radius 1 is 0.903 bits per heavy atom. The first-order chi connectivity index (χ1) is 15.0. The van der Waals surface area contributed by atoms with Crippen LogP contribution in [0.5, 0.6) is 0 Å². The van der Waals surface area contributed by atoms with Crippen molar-refractivity contribution in [2.45, 2.75) is 12.8 Å². The molecular formula is C26H19NO4. The molecule has 0 radical (unpaired) electrons. The molecule has 0 unspecified atom stereocenters. The number of nitrogens with one attached hydrogen (secondary N) is 1. The number of carbonyl (C=O) groups excluding carboxylic acids is 3. The van der Waals surface area contributed by atoms with Gasteiger partial charge in [0, 0.05) is 11.3 Å². The Morgan fingerprint density at radius 3 is 2.23 bits per heavy atom.